The largest absolute Gasteiger partial charge is 0.481 e. The fourth-order valence-corrected chi connectivity index (χ4v) is 5.70. The lowest BCUT2D eigenvalue weighted by Gasteiger charge is -2.12. The lowest BCUT2D eigenvalue weighted by molar-refractivity contribution is -0.143. The Kier molecular flexibility index (Phi) is 4.13. The molecule has 2 aliphatic carbocycles. The number of benzene rings is 3. The number of fused-ring (bicyclic) bond motifs is 1. The molecule has 3 atom stereocenters. The molecule has 0 amide bonds. The van der Waals surface area contributed by atoms with E-state index in [1.54, 1.807) is 0 Å². The van der Waals surface area contributed by atoms with Gasteiger partial charge in [0.05, 0.1) is 5.41 Å². The molecular weight excluding hydrogens is 382 g/mol. The van der Waals surface area contributed by atoms with Gasteiger partial charge in [0.15, 0.2) is 0 Å². The third-order valence-corrected chi connectivity index (χ3v) is 7.76. The van der Waals surface area contributed by atoms with Crippen LogP contribution in [0.5, 0.6) is 0 Å². The molecule has 0 unspecified atom stereocenters. The number of nitrogens with zero attached hydrogens (tertiary/aromatic N) is 1. The van der Waals surface area contributed by atoms with Crippen LogP contribution >= 0.6 is 0 Å². The van der Waals surface area contributed by atoms with Gasteiger partial charge in [-0.1, -0.05) is 66.7 Å². The zero-order valence-electron chi connectivity index (χ0n) is 17.8. The van der Waals surface area contributed by atoms with Gasteiger partial charge in [0.25, 0.3) is 0 Å². The first-order valence-electron chi connectivity index (χ1n) is 11.3. The molecular formula is C28H27NO2. The van der Waals surface area contributed by atoms with Crippen molar-refractivity contribution in [3.05, 3.63) is 95.1 Å². The van der Waals surface area contributed by atoms with E-state index in [0.717, 1.165) is 30.3 Å². The molecule has 0 radical (unpaired) electrons. The molecule has 2 fully saturated rings. The van der Waals surface area contributed by atoms with E-state index < -0.39 is 11.4 Å². The van der Waals surface area contributed by atoms with Gasteiger partial charge in [-0.3, -0.25) is 9.69 Å². The molecule has 1 heterocycles. The topological polar surface area (TPSA) is 40.5 Å². The summed E-state index contributed by atoms with van der Waals surface area (Å²) < 4.78 is 0. The zero-order valence-corrected chi connectivity index (χ0v) is 17.8. The SMILES string of the molecule is C[C@@]1(C(=O)O)[C@@H](c2ccccc2)[C@@H]1c1ccc(-c2ccc3c(c2)CN(C2CC2)C3)cc1. The van der Waals surface area contributed by atoms with Gasteiger partial charge in [0, 0.05) is 31.0 Å². The molecule has 0 saturated heterocycles. The molecule has 0 aromatic heterocycles. The van der Waals surface area contributed by atoms with E-state index in [9.17, 15) is 9.90 Å². The van der Waals surface area contributed by atoms with E-state index >= 15 is 0 Å². The second-order valence-corrected chi connectivity index (χ2v) is 9.70. The number of rotatable bonds is 5. The number of hydrogen-bond donors (Lipinski definition) is 1. The van der Waals surface area contributed by atoms with Crippen molar-refractivity contribution in [3.63, 3.8) is 0 Å². The van der Waals surface area contributed by atoms with Crippen LogP contribution in [0.25, 0.3) is 11.1 Å². The summed E-state index contributed by atoms with van der Waals surface area (Å²) in [5.41, 5.74) is 6.85. The number of carboxylic acid groups (broad SMARTS) is 1. The Morgan fingerprint density at radius 2 is 1.45 bits per heavy atom. The number of carbonyl (C=O) groups is 1. The summed E-state index contributed by atoms with van der Waals surface area (Å²) in [4.78, 5) is 14.7. The monoisotopic (exact) mass is 409 g/mol. The minimum atomic E-state index is -0.747. The highest BCUT2D eigenvalue weighted by Crippen LogP contribution is 2.70. The Morgan fingerprint density at radius 3 is 2.10 bits per heavy atom. The molecule has 3 aromatic carbocycles. The fourth-order valence-electron chi connectivity index (χ4n) is 5.70. The standard InChI is InChI=1S/C28H27NO2/c1-28(27(30)31)25(19-5-3-2-4-6-19)26(28)20-9-7-18(8-10-20)21-11-12-22-16-29(24-13-14-24)17-23(22)15-21/h2-12,15,24-26H,13-14,16-17H2,1H3,(H,30,31)/t25-,26-,28+/m0/s1. The van der Waals surface area contributed by atoms with Gasteiger partial charge >= 0.3 is 5.97 Å². The first-order chi connectivity index (χ1) is 15.1. The van der Waals surface area contributed by atoms with Crippen molar-refractivity contribution in [2.75, 3.05) is 0 Å². The van der Waals surface area contributed by atoms with Crippen molar-refractivity contribution >= 4 is 5.97 Å². The van der Waals surface area contributed by atoms with Gasteiger partial charge in [0.1, 0.15) is 0 Å². The van der Waals surface area contributed by atoms with E-state index in [4.69, 9.17) is 0 Å². The minimum absolute atomic E-state index is 0.00794. The van der Waals surface area contributed by atoms with Gasteiger partial charge in [-0.05, 0) is 59.2 Å². The van der Waals surface area contributed by atoms with Crippen molar-refractivity contribution in [2.24, 2.45) is 5.41 Å². The highest BCUT2D eigenvalue weighted by molar-refractivity contribution is 5.83. The van der Waals surface area contributed by atoms with Crippen molar-refractivity contribution in [1.82, 2.24) is 4.90 Å². The Balaban J connectivity index is 1.27. The second kappa shape index (κ2) is 6.80. The molecule has 6 rings (SSSR count). The maximum Gasteiger partial charge on any atom is 0.310 e. The van der Waals surface area contributed by atoms with Crippen molar-refractivity contribution in [3.8, 4) is 11.1 Å². The minimum Gasteiger partial charge on any atom is -0.481 e. The Labute approximate surface area is 183 Å². The summed E-state index contributed by atoms with van der Waals surface area (Å²) >= 11 is 0. The van der Waals surface area contributed by atoms with Gasteiger partial charge in [-0.2, -0.15) is 0 Å². The lowest BCUT2D eigenvalue weighted by atomic mass is 9.97. The van der Waals surface area contributed by atoms with Crippen LogP contribution in [0.4, 0.5) is 0 Å². The predicted octanol–water partition coefficient (Wildman–Crippen LogP) is 5.80. The maximum atomic E-state index is 12.1. The van der Waals surface area contributed by atoms with Crippen LogP contribution in [-0.4, -0.2) is 22.0 Å². The van der Waals surface area contributed by atoms with Crippen molar-refractivity contribution in [1.29, 1.82) is 0 Å². The summed E-state index contributed by atoms with van der Waals surface area (Å²) in [5, 5.41) is 9.96. The molecule has 1 N–H and O–H groups in total. The van der Waals surface area contributed by atoms with Crippen LogP contribution in [0.1, 0.15) is 53.9 Å². The predicted molar refractivity (Wildman–Crippen MR) is 122 cm³/mol. The van der Waals surface area contributed by atoms with E-state index in [1.165, 1.54) is 35.1 Å². The highest BCUT2D eigenvalue weighted by atomic mass is 16.4. The average molecular weight is 410 g/mol. The summed E-state index contributed by atoms with van der Waals surface area (Å²) in [5.74, 6) is -0.687. The lowest BCUT2D eigenvalue weighted by Crippen LogP contribution is -2.18. The van der Waals surface area contributed by atoms with Gasteiger partial charge in [-0.15, -0.1) is 0 Å². The van der Waals surface area contributed by atoms with Crippen LogP contribution in [0.15, 0.2) is 72.8 Å². The molecule has 2 saturated carbocycles. The van der Waals surface area contributed by atoms with E-state index in [-0.39, 0.29) is 11.8 Å². The van der Waals surface area contributed by atoms with E-state index in [2.05, 4.69) is 59.5 Å². The third-order valence-electron chi connectivity index (χ3n) is 7.76. The van der Waals surface area contributed by atoms with Gasteiger partial charge < -0.3 is 5.11 Å². The van der Waals surface area contributed by atoms with Gasteiger partial charge in [0.2, 0.25) is 0 Å². The Morgan fingerprint density at radius 1 is 0.839 bits per heavy atom. The van der Waals surface area contributed by atoms with Crippen molar-refractivity contribution in [2.45, 2.75) is 50.7 Å². The molecule has 31 heavy (non-hydrogen) atoms. The van der Waals surface area contributed by atoms with Crippen LogP contribution in [0.3, 0.4) is 0 Å². The number of carboxylic acids is 1. The Bertz CT molecular complexity index is 1150. The first kappa shape index (κ1) is 18.8. The summed E-state index contributed by atoms with van der Waals surface area (Å²) in [6.45, 7) is 4.05. The van der Waals surface area contributed by atoms with Crippen LogP contribution in [-0.2, 0) is 17.9 Å². The van der Waals surface area contributed by atoms with Crippen LogP contribution < -0.4 is 0 Å². The van der Waals surface area contributed by atoms with E-state index in [0.29, 0.717) is 0 Å². The maximum absolute atomic E-state index is 12.1. The Hall–Kier alpha value is -2.91. The molecule has 0 spiro atoms. The van der Waals surface area contributed by atoms with Gasteiger partial charge in [-0.25, -0.2) is 0 Å². The first-order valence-corrected chi connectivity index (χ1v) is 11.3. The quantitative estimate of drug-likeness (QED) is 0.579. The highest BCUT2D eigenvalue weighted by Gasteiger charge is 2.67. The summed E-state index contributed by atoms with van der Waals surface area (Å²) in [7, 11) is 0. The average Bonchev–Trinajstić information content (AvgIpc) is 3.70. The molecule has 3 nitrogen and oxygen atoms in total. The smallest absolute Gasteiger partial charge is 0.310 e. The van der Waals surface area contributed by atoms with Crippen molar-refractivity contribution < 1.29 is 9.90 Å². The number of hydrogen-bond acceptors (Lipinski definition) is 2. The molecule has 156 valence electrons. The normalized spacial score (nSPS) is 27.1. The molecule has 1 aliphatic heterocycles. The summed E-state index contributed by atoms with van der Waals surface area (Å²) in [6.07, 6.45) is 2.70. The zero-order chi connectivity index (χ0) is 21.2. The number of aliphatic carboxylic acids is 1. The van der Waals surface area contributed by atoms with Crippen LogP contribution in [0, 0.1) is 5.41 Å². The van der Waals surface area contributed by atoms with Crippen LogP contribution in [0.2, 0.25) is 0 Å². The molecule has 0 bridgehead atoms. The molecule has 3 heteroatoms. The third kappa shape index (κ3) is 3.02. The second-order valence-electron chi connectivity index (χ2n) is 9.70. The molecule has 3 aromatic rings. The fraction of sp³-hybridized carbons (Fsp3) is 0.321. The molecule has 3 aliphatic rings. The van der Waals surface area contributed by atoms with E-state index in [1.807, 2.05) is 25.1 Å². The summed E-state index contributed by atoms with van der Waals surface area (Å²) in [6, 6.07) is 26.3.